The molecule has 3 aromatic rings. The predicted octanol–water partition coefficient (Wildman–Crippen LogP) is 4.82. The topological polar surface area (TPSA) is 42.2 Å². The van der Waals surface area contributed by atoms with Crippen LogP contribution in [0.4, 0.5) is 5.69 Å². The number of thioether (sulfide) groups is 1. The molecule has 0 unspecified atom stereocenters. The summed E-state index contributed by atoms with van der Waals surface area (Å²) in [6.45, 7) is 0. The van der Waals surface area contributed by atoms with Crippen LogP contribution in [-0.4, -0.2) is 5.91 Å². The molecule has 0 aliphatic rings. The monoisotopic (exact) mass is 309 g/mol. The summed E-state index contributed by atoms with van der Waals surface area (Å²) >= 11 is 1.59. The van der Waals surface area contributed by atoms with Crippen LogP contribution in [0.5, 0.6) is 0 Å². The Morgan fingerprint density at radius 3 is 2.50 bits per heavy atom. The Bertz CT molecular complexity index is 739. The summed E-state index contributed by atoms with van der Waals surface area (Å²) in [5, 5.41) is 2.92. The van der Waals surface area contributed by atoms with Gasteiger partial charge in [0.2, 0.25) is 0 Å². The minimum absolute atomic E-state index is 0.103. The second kappa shape index (κ2) is 7.00. The fourth-order valence-corrected chi connectivity index (χ4v) is 3.00. The Labute approximate surface area is 133 Å². The third-order valence-electron chi connectivity index (χ3n) is 3.11. The molecule has 0 saturated heterocycles. The minimum Gasteiger partial charge on any atom is -0.468 e. The molecule has 0 saturated carbocycles. The summed E-state index contributed by atoms with van der Waals surface area (Å²) in [5.74, 6) is 1.49. The summed E-state index contributed by atoms with van der Waals surface area (Å²) in [6, 6.07) is 20.8. The molecule has 3 nitrogen and oxygen atoms in total. The van der Waals surface area contributed by atoms with Gasteiger partial charge in [0.05, 0.1) is 17.6 Å². The van der Waals surface area contributed by atoms with E-state index < -0.39 is 0 Å². The van der Waals surface area contributed by atoms with E-state index in [-0.39, 0.29) is 5.91 Å². The van der Waals surface area contributed by atoms with Crippen molar-refractivity contribution in [1.82, 2.24) is 0 Å². The maximum absolute atomic E-state index is 12.4. The van der Waals surface area contributed by atoms with Crippen LogP contribution >= 0.6 is 11.8 Å². The van der Waals surface area contributed by atoms with E-state index in [1.807, 2.05) is 66.7 Å². The molecule has 1 aromatic heterocycles. The maximum atomic E-state index is 12.4. The van der Waals surface area contributed by atoms with Crippen LogP contribution in [0.2, 0.25) is 0 Å². The van der Waals surface area contributed by atoms with E-state index >= 15 is 0 Å². The molecule has 0 aliphatic heterocycles. The maximum Gasteiger partial charge on any atom is 0.256 e. The molecule has 2 aromatic carbocycles. The number of para-hydroxylation sites is 1. The highest BCUT2D eigenvalue weighted by Gasteiger charge is 2.12. The van der Waals surface area contributed by atoms with Crippen molar-refractivity contribution in [2.75, 3.05) is 5.32 Å². The second-order valence-electron chi connectivity index (χ2n) is 4.68. The van der Waals surface area contributed by atoms with Crippen LogP contribution in [0.25, 0.3) is 0 Å². The fourth-order valence-electron chi connectivity index (χ4n) is 2.04. The third kappa shape index (κ3) is 3.59. The van der Waals surface area contributed by atoms with Crippen LogP contribution in [0.15, 0.2) is 82.3 Å². The molecule has 0 fully saturated rings. The Morgan fingerprint density at radius 1 is 0.955 bits per heavy atom. The molecule has 1 amide bonds. The van der Waals surface area contributed by atoms with Gasteiger partial charge in [0, 0.05) is 10.6 Å². The van der Waals surface area contributed by atoms with Crippen molar-refractivity contribution in [1.29, 1.82) is 0 Å². The number of nitrogens with one attached hydrogen (secondary N) is 1. The number of rotatable bonds is 5. The lowest BCUT2D eigenvalue weighted by atomic mass is 10.2. The standard InChI is InChI=1S/C18H15NO2S/c20-18(19-14-7-2-1-3-8-14)16-10-4-5-11-17(16)22-13-15-9-6-12-21-15/h1-12H,13H2,(H,19,20). The number of hydrogen-bond donors (Lipinski definition) is 1. The first kappa shape index (κ1) is 14.5. The summed E-state index contributed by atoms with van der Waals surface area (Å²) in [6.07, 6.45) is 1.66. The number of carbonyl (C=O) groups is 1. The first-order valence-electron chi connectivity index (χ1n) is 6.93. The average Bonchev–Trinajstić information content (AvgIpc) is 3.07. The van der Waals surface area contributed by atoms with Gasteiger partial charge in [-0.1, -0.05) is 30.3 Å². The van der Waals surface area contributed by atoms with Gasteiger partial charge in [0.15, 0.2) is 0 Å². The van der Waals surface area contributed by atoms with Gasteiger partial charge < -0.3 is 9.73 Å². The highest BCUT2D eigenvalue weighted by molar-refractivity contribution is 7.98. The Hall–Kier alpha value is -2.46. The highest BCUT2D eigenvalue weighted by Crippen LogP contribution is 2.27. The van der Waals surface area contributed by atoms with E-state index in [2.05, 4.69) is 5.32 Å². The number of anilines is 1. The van der Waals surface area contributed by atoms with Gasteiger partial charge in [-0.2, -0.15) is 0 Å². The van der Waals surface area contributed by atoms with Crippen molar-refractivity contribution < 1.29 is 9.21 Å². The van der Waals surface area contributed by atoms with Crippen molar-refractivity contribution >= 4 is 23.4 Å². The molecule has 0 aliphatic carbocycles. The van der Waals surface area contributed by atoms with Gasteiger partial charge in [-0.3, -0.25) is 4.79 Å². The van der Waals surface area contributed by atoms with E-state index in [0.717, 1.165) is 16.3 Å². The van der Waals surface area contributed by atoms with Crippen LogP contribution in [0.3, 0.4) is 0 Å². The normalized spacial score (nSPS) is 10.4. The molecule has 4 heteroatoms. The zero-order chi connectivity index (χ0) is 15.2. The molecule has 0 radical (unpaired) electrons. The lowest BCUT2D eigenvalue weighted by molar-refractivity contribution is 0.102. The number of hydrogen-bond acceptors (Lipinski definition) is 3. The molecule has 110 valence electrons. The van der Waals surface area contributed by atoms with Crippen molar-refractivity contribution in [2.45, 2.75) is 10.6 Å². The smallest absolute Gasteiger partial charge is 0.256 e. The molecule has 1 N–H and O–H groups in total. The van der Waals surface area contributed by atoms with Gasteiger partial charge in [0.1, 0.15) is 5.76 Å². The lowest BCUT2D eigenvalue weighted by Gasteiger charge is -2.09. The van der Waals surface area contributed by atoms with Crippen LogP contribution in [0.1, 0.15) is 16.1 Å². The van der Waals surface area contributed by atoms with Gasteiger partial charge in [-0.25, -0.2) is 0 Å². The van der Waals surface area contributed by atoms with Crippen LogP contribution in [-0.2, 0) is 5.75 Å². The fraction of sp³-hybridized carbons (Fsp3) is 0.0556. The van der Waals surface area contributed by atoms with Crippen molar-refractivity contribution in [3.63, 3.8) is 0 Å². The molecule has 22 heavy (non-hydrogen) atoms. The Balaban J connectivity index is 1.74. The highest BCUT2D eigenvalue weighted by atomic mass is 32.2. The first-order chi connectivity index (χ1) is 10.8. The average molecular weight is 309 g/mol. The molecule has 3 rings (SSSR count). The predicted molar refractivity (Wildman–Crippen MR) is 89.1 cm³/mol. The third-order valence-corrected chi connectivity index (χ3v) is 4.21. The number of carbonyl (C=O) groups excluding carboxylic acids is 1. The van der Waals surface area contributed by atoms with Gasteiger partial charge in [0.25, 0.3) is 5.91 Å². The molecule has 1 heterocycles. The van der Waals surface area contributed by atoms with Gasteiger partial charge in [-0.15, -0.1) is 11.8 Å². The zero-order valence-corrected chi connectivity index (χ0v) is 12.7. The van der Waals surface area contributed by atoms with E-state index in [1.165, 1.54) is 0 Å². The Morgan fingerprint density at radius 2 is 1.73 bits per heavy atom. The summed E-state index contributed by atoms with van der Waals surface area (Å²) in [7, 11) is 0. The summed E-state index contributed by atoms with van der Waals surface area (Å²) < 4.78 is 5.33. The second-order valence-corrected chi connectivity index (χ2v) is 5.70. The van der Waals surface area contributed by atoms with Crippen LogP contribution in [0, 0.1) is 0 Å². The Kier molecular flexibility index (Phi) is 4.61. The van der Waals surface area contributed by atoms with Gasteiger partial charge >= 0.3 is 0 Å². The van der Waals surface area contributed by atoms with E-state index in [4.69, 9.17) is 4.42 Å². The zero-order valence-electron chi connectivity index (χ0n) is 11.9. The number of amides is 1. The summed E-state index contributed by atoms with van der Waals surface area (Å²) in [5.41, 5.74) is 1.46. The SMILES string of the molecule is O=C(Nc1ccccc1)c1ccccc1SCc1ccco1. The van der Waals surface area contributed by atoms with Gasteiger partial charge in [-0.05, 0) is 36.4 Å². The van der Waals surface area contributed by atoms with E-state index in [9.17, 15) is 4.79 Å². The van der Waals surface area contributed by atoms with Crippen molar-refractivity contribution in [3.05, 3.63) is 84.3 Å². The summed E-state index contributed by atoms with van der Waals surface area (Å²) in [4.78, 5) is 13.4. The lowest BCUT2D eigenvalue weighted by Crippen LogP contribution is -2.12. The quantitative estimate of drug-likeness (QED) is 0.687. The van der Waals surface area contributed by atoms with E-state index in [0.29, 0.717) is 11.3 Å². The first-order valence-corrected chi connectivity index (χ1v) is 7.92. The molecule has 0 bridgehead atoms. The number of furan rings is 1. The van der Waals surface area contributed by atoms with E-state index in [1.54, 1.807) is 18.0 Å². The largest absolute Gasteiger partial charge is 0.468 e. The number of benzene rings is 2. The van der Waals surface area contributed by atoms with Crippen molar-refractivity contribution in [3.8, 4) is 0 Å². The molecular formula is C18H15NO2S. The molecule has 0 spiro atoms. The van der Waals surface area contributed by atoms with Crippen LogP contribution < -0.4 is 5.32 Å². The molecule has 0 atom stereocenters. The minimum atomic E-state index is -0.103. The molecular weight excluding hydrogens is 294 g/mol. The van der Waals surface area contributed by atoms with Crippen molar-refractivity contribution in [2.24, 2.45) is 0 Å².